The van der Waals surface area contributed by atoms with E-state index < -0.39 is 37.8 Å². The second-order valence-electron chi connectivity index (χ2n) is 2.81. The smallest absolute Gasteiger partial charge is 0.243 e. The monoisotopic (exact) mass is 295 g/mol. The third-order valence-electron chi connectivity index (χ3n) is 1.71. The summed E-state index contributed by atoms with van der Waals surface area (Å²) in [6.45, 7) is 0. The Hall–Kier alpha value is -0.960. The van der Waals surface area contributed by atoms with E-state index in [-0.39, 0.29) is 6.07 Å². The highest BCUT2D eigenvalue weighted by atomic mass is 35.7. The topological polar surface area (TPSA) is 47.0 Å². The molecule has 0 aliphatic rings. The van der Waals surface area contributed by atoms with Gasteiger partial charge < -0.3 is 0 Å². The van der Waals surface area contributed by atoms with E-state index in [0.29, 0.717) is 6.20 Å². The number of halogens is 6. The molecular formula is C7H3ClF5NO2S. The Balaban J connectivity index is 3.67. The van der Waals surface area contributed by atoms with Gasteiger partial charge in [-0.2, -0.15) is 13.2 Å². The lowest BCUT2D eigenvalue weighted by Crippen LogP contribution is -2.14. The van der Waals surface area contributed by atoms with Gasteiger partial charge in [0, 0.05) is 16.9 Å². The summed E-state index contributed by atoms with van der Waals surface area (Å²) in [7, 11) is -0.0413. The third-order valence-corrected chi connectivity index (χ3v) is 2.93. The molecule has 0 unspecified atom stereocenters. The van der Waals surface area contributed by atoms with Crippen LogP contribution >= 0.6 is 10.7 Å². The summed E-state index contributed by atoms with van der Waals surface area (Å²) >= 11 is 0. The summed E-state index contributed by atoms with van der Waals surface area (Å²) in [6.07, 6.45) is -8.33. The summed E-state index contributed by atoms with van der Waals surface area (Å²) in [4.78, 5) is 2.95. The van der Waals surface area contributed by atoms with Gasteiger partial charge in [0.25, 0.3) is 15.5 Å². The van der Waals surface area contributed by atoms with E-state index in [1.807, 2.05) is 0 Å². The zero-order valence-corrected chi connectivity index (χ0v) is 9.24. The first-order chi connectivity index (χ1) is 7.55. The van der Waals surface area contributed by atoms with Gasteiger partial charge in [-0.3, -0.25) is 0 Å². The van der Waals surface area contributed by atoms with Crippen LogP contribution in [0.15, 0.2) is 17.3 Å². The van der Waals surface area contributed by atoms with Gasteiger partial charge in [-0.15, -0.1) is 0 Å². The van der Waals surface area contributed by atoms with Crippen LogP contribution in [-0.2, 0) is 15.2 Å². The SMILES string of the molecule is O=S(=O)(Cl)c1nccc(C(F)(F)F)c1C(F)F. The molecule has 0 bridgehead atoms. The van der Waals surface area contributed by atoms with E-state index in [9.17, 15) is 30.4 Å². The number of alkyl halides is 5. The molecule has 0 spiro atoms. The van der Waals surface area contributed by atoms with Crippen LogP contribution in [0.3, 0.4) is 0 Å². The van der Waals surface area contributed by atoms with Crippen molar-refractivity contribution in [3.8, 4) is 0 Å². The van der Waals surface area contributed by atoms with E-state index in [2.05, 4.69) is 4.98 Å². The van der Waals surface area contributed by atoms with Crippen molar-refractivity contribution in [2.75, 3.05) is 0 Å². The maximum absolute atomic E-state index is 12.5. The number of pyridine rings is 1. The molecule has 96 valence electrons. The van der Waals surface area contributed by atoms with Gasteiger partial charge in [0.05, 0.1) is 11.1 Å². The Morgan fingerprint density at radius 3 is 2.18 bits per heavy atom. The van der Waals surface area contributed by atoms with Gasteiger partial charge in [-0.05, 0) is 6.07 Å². The van der Waals surface area contributed by atoms with Crippen LogP contribution in [0.2, 0.25) is 0 Å². The number of hydrogen-bond acceptors (Lipinski definition) is 3. The molecule has 10 heteroatoms. The molecule has 0 saturated heterocycles. The molecular weight excluding hydrogens is 293 g/mol. The minimum absolute atomic E-state index is 0.257. The van der Waals surface area contributed by atoms with Crippen molar-refractivity contribution < 1.29 is 30.4 Å². The van der Waals surface area contributed by atoms with E-state index in [4.69, 9.17) is 10.7 Å². The van der Waals surface area contributed by atoms with Gasteiger partial charge in [0.2, 0.25) is 0 Å². The third kappa shape index (κ3) is 3.03. The highest BCUT2D eigenvalue weighted by Crippen LogP contribution is 2.39. The Kier molecular flexibility index (Phi) is 3.63. The number of nitrogens with zero attached hydrogens (tertiary/aromatic N) is 1. The first kappa shape index (κ1) is 14.1. The quantitative estimate of drug-likeness (QED) is 0.622. The summed E-state index contributed by atoms with van der Waals surface area (Å²) in [5.74, 6) is 0. The van der Waals surface area contributed by atoms with Crippen molar-refractivity contribution in [1.29, 1.82) is 0 Å². The van der Waals surface area contributed by atoms with Gasteiger partial charge in [0.15, 0.2) is 5.03 Å². The van der Waals surface area contributed by atoms with Gasteiger partial charge >= 0.3 is 6.18 Å². The van der Waals surface area contributed by atoms with Crippen molar-refractivity contribution in [3.63, 3.8) is 0 Å². The second kappa shape index (κ2) is 4.37. The molecule has 0 radical (unpaired) electrons. The first-order valence-electron chi connectivity index (χ1n) is 3.84. The van der Waals surface area contributed by atoms with Crippen molar-refractivity contribution in [2.45, 2.75) is 17.6 Å². The second-order valence-corrected chi connectivity index (χ2v) is 5.29. The van der Waals surface area contributed by atoms with Crippen LogP contribution in [0.5, 0.6) is 0 Å². The predicted octanol–water partition coefficient (Wildman–Crippen LogP) is 2.97. The molecule has 0 atom stereocenters. The minimum Gasteiger partial charge on any atom is -0.243 e. The molecule has 0 aliphatic heterocycles. The van der Waals surface area contributed by atoms with E-state index in [1.54, 1.807) is 0 Å². The molecule has 0 fully saturated rings. The molecule has 1 aromatic rings. The fourth-order valence-electron chi connectivity index (χ4n) is 1.11. The Labute approximate surface area is 96.6 Å². The van der Waals surface area contributed by atoms with Gasteiger partial charge in [0.1, 0.15) is 0 Å². The zero-order chi connectivity index (χ0) is 13.4. The van der Waals surface area contributed by atoms with Gasteiger partial charge in [-0.1, -0.05) is 0 Å². The number of hydrogen-bond donors (Lipinski definition) is 0. The Bertz CT molecular complexity index is 528. The lowest BCUT2D eigenvalue weighted by Gasteiger charge is -2.13. The predicted molar refractivity (Wildman–Crippen MR) is 47.2 cm³/mol. The summed E-state index contributed by atoms with van der Waals surface area (Å²) in [5.41, 5.74) is -3.52. The number of aromatic nitrogens is 1. The fourth-order valence-corrected chi connectivity index (χ4v) is 2.12. The molecule has 1 heterocycles. The maximum Gasteiger partial charge on any atom is 0.417 e. The fraction of sp³-hybridized carbons (Fsp3) is 0.286. The molecule has 1 aromatic heterocycles. The summed E-state index contributed by atoms with van der Waals surface area (Å²) in [6, 6.07) is 0.257. The summed E-state index contributed by atoms with van der Waals surface area (Å²) < 4.78 is 83.8. The maximum atomic E-state index is 12.5. The van der Waals surface area contributed by atoms with Crippen molar-refractivity contribution >= 4 is 19.7 Å². The lowest BCUT2D eigenvalue weighted by atomic mass is 10.1. The van der Waals surface area contributed by atoms with Crippen molar-refractivity contribution in [1.82, 2.24) is 4.98 Å². The van der Waals surface area contributed by atoms with E-state index in [1.165, 1.54) is 0 Å². The van der Waals surface area contributed by atoms with Gasteiger partial charge in [-0.25, -0.2) is 22.2 Å². The normalized spacial score (nSPS) is 13.1. The highest BCUT2D eigenvalue weighted by Gasteiger charge is 2.39. The molecule has 0 amide bonds. The molecule has 17 heavy (non-hydrogen) atoms. The molecule has 1 rings (SSSR count). The first-order valence-corrected chi connectivity index (χ1v) is 6.15. The lowest BCUT2D eigenvalue weighted by molar-refractivity contribution is -0.139. The molecule has 0 aromatic carbocycles. The minimum atomic E-state index is -5.12. The number of rotatable bonds is 2. The van der Waals surface area contributed by atoms with Crippen LogP contribution in [0.4, 0.5) is 22.0 Å². The van der Waals surface area contributed by atoms with Crippen LogP contribution in [-0.4, -0.2) is 13.4 Å². The standard InChI is InChI=1S/C7H3ClF5NO2S/c8-17(15,16)6-4(5(9)10)3(1-2-14-6)7(11,12)13/h1-2,5H. The molecule has 3 nitrogen and oxygen atoms in total. The molecule has 0 aliphatic carbocycles. The van der Waals surface area contributed by atoms with Crippen LogP contribution in [0, 0.1) is 0 Å². The van der Waals surface area contributed by atoms with Crippen LogP contribution < -0.4 is 0 Å². The largest absolute Gasteiger partial charge is 0.417 e. The highest BCUT2D eigenvalue weighted by molar-refractivity contribution is 8.13. The summed E-state index contributed by atoms with van der Waals surface area (Å²) in [5, 5.41) is -1.48. The average Bonchev–Trinajstić information content (AvgIpc) is 2.13. The van der Waals surface area contributed by atoms with Crippen molar-refractivity contribution in [3.05, 3.63) is 23.4 Å². The van der Waals surface area contributed by atoms with Crippen LogP contribution in [0.25, 0.3) is 0 Å². The Morgan fingerprint density at radius 1 is 1.29 bits per heavy atom. The molecule has 0 saturated carbocycles. The average molecular weight is 296 g/mol. The zero-order valence-electron chi connectivity index (χ0n) is 7.67. The van der Waals surface area contributed by atoms with Crippen LogP contribution in [0.1, 0.15) is 17.6 Å². The van der Waals surface area contributed by atoms with Crippen molar-refractivity contribution in [2.24, 2.45) is 0 Å². The Morgan fingerprint density at radius 2 is 1.82 bits per heavy atom. The van der Waals surface area contributed by atoms with E-state index in [0.717, 1.165) is 0 Å². The molecule has 0 N–H and O–H groups in total. The van der Waals surface area contributed by atoms with E-state index >= 15 is 0 Å².